The van der Waals surface area contributed by atoms with Gasteiger partial charge in [0.1, 0.15) is 11.6 Å². The van der Waals surface area contributed by atoms with E-state index in [9.17, 15) is 8.78 Å². The van der Waals surface area contributed by atoms with Crippen LogP contribution in [0, 0.1) is 11.6 Å². The first-order valence-electron chi connectivity index (χ1n) is 5.95. The van der Waals surface area contributed by atoms with E-state index in [2.05, 4.69) is 0 Å². The van der Waals surface area contributed by atoms with E-state index in [0.29, 0.717) is 17.7 Å². The second kappa shape index (κ2) is 4.81. The maximum atomic E-state index is 13.7. The largest absolute Gasteiger partial charge is 0.369 e. The van der Waals surface area contributed by atoms with Crippen LogP contribution in [0.5, 0.6) is 0 Å². The van der Waals surface area contributed by atoms with E-state index in [0.717, 1.165) is 32.0 Å². The van der Waals surface area contributed by atoms with Crippen molar-refractivity contribution >= 4 is 5.69 Å². The van der Waals surface area contributed by atoms with Gasteiger partial charge in [0.25, 0.3) is 0 Å². The first-order chi connectivity index (χ1) is 7.72. The minimum absolute atomic E-state index is 0.430. The summed E-state index contributed by atoms with van der Waals surface area (Å²) in [6, 6.07) is 2.68. The van der Waals surface area contributed by atoms with Gasteiger partial charge in [-0.1, -0.05) is 6.92 Å². The van der Waals surface area contributed by atoms with Crippen LogP contribution in [0.3, 0.4) is 0 Å². The van der Waals surface area contributed by atoms with E-state index >= 15 is 0 Å². The molecule has 1 heterocycles. The first-order valence-corrected chi connectivity index (χ1v) is 5.95. The third-order valence-corrected chi connectivity index (χ3v) is 3.19. The fraction of sp³-hybridized carbons (Fsp3) is 0.538. The number of halogens is 2. The fourth-order valence-electron chi connectivity index (χ4n) is 2.23. The van der Waals surface area contributed by atoms with Crippen LogP contribution in [-0.4, -0.2) is 13.1 Å². The summed E-state index contributed by atoms with van der Waals surface area (Å²) in [7, 11) is 0. The first kappa shape index (κ1) is 11.4. The van der Waals surface area contributed by atoms with Gasteiger partial charge in [-0.15, -0.1) is 0 Å². The van der Waals surface area contributed by atoms with E-state index in [1.54, 1.807) is 6.07 Å². The van der Waals surface area contributed by atoms with Gasteiger partial charge >= 0.3 is 0 Å². The van der Waals surface area contributed by atoms with Gasteiger partial charge < -0.3 is 4.90 Å². The summed E-state index contributed by atoms with van der Waals surface area (Å²) in [5.41, 5.74) is 1.17. The predicted molar refractivity (Wildman–Crippen MR) is 61.8 cm³/mol. The molecule has 0 bridgehead atoms. The molecular formula is C13H17F2N. The van der Waals surface area contributed by atoms with Gasteiger partial charge in [-0.2, -0.15) is 0 Å². The standard InChI is InChI=1S/C13H17F2N/c1-2-10-8-13(12(15)9-11(10)14)16-6-4-3-5-7-16/h8-9H,2-7H2,1H3. The molecule has 0 aromatic heterocycles. The van der Waals surface area contributed by atoms with E-state index in [-0.39, 0.29) is 0 Å². The van der Waals surface area contributed by atoms with Crippen LogP contribution in [0.4, 0.5) is 14.5 Å². The molecule has 1 saturated heterocycles. The lowest BCUT2D eigenvalue weighted by atomic mass is 10.1. The molecule has 0 radical (unpaired) electrons. The molecule has 1 nitrogen and oxygen atoms in total. The number of hydrogen-bond donors (Lipinski definition) is 0. The van der Waals surface area contributed by atoms with Gasteiger partial charge in [0, 0.05) is 19.2 Å². The summed E-state index contributed by atoms with van der Waals surface area (Å²) in [6.45, 7) is 3.65. The number of nitrogens with zero attached hydrogens (tertiary/aromatic N) is 1. The topological polar surface area (TPSA) is 3.24 Å². The molecular weight excluding hydrogens is 208 g/mol. The van der Waals surface area contributed by atoms with Crippen LogP contribution in [0.1, 0.15) is 31.7 Å². The second-order valence-electron chi connectivity index (χ2n) is 4.30. The lowest BCUT2D eigenvalue weighted by molar-refractivity contribution is 0.543. The zero-order valence-corrected chi connectivity index (χ0v) is 9.60. The van der Waals surface area contributed by atoms with Gasteiger partial charge in [-0.25, -0.2) is 8.78 Å². The Kier molecular flexibility index (Phi) is 3.42. The van der Waals surface area contributed by atoms with Gasteiger partial charge in [-0.05, 0) is 37.3 Å². The lowest BCUT2D eigenvalue weighted by Crippen LogP contribution is -2.30. The Morgan fingerprint density at radius 1 is 1.06 bits per heavy atom. The Morgan fingerprint density at radius 3 is 2.38 bits per heavy atom. The number of rotatable bonds is 2. The van der Waals surface area contributed by atoms with Crippen LogP contribution >= 0.6 is 0 Å². The molecule has 0 saturated carbocycles. The number of piperidine rings is 1. The van der Waals surface area contributed by atoms with Gasteiger partial charge in [0.15, 0.2) is 0 Å². The Hall–Kier alpha value is -1.12. The molecule has 1 aliphatic heterocycles. The van der Waals surface area contributed by atoms with E-state index < -0.39 is 11.6 Å². The molecule has 0 atom stereocenters. The van der Waals surface area contributed by atoms with Crippen molar-refractivity contribution in [3.8, 4) is 0 Å². The van der Waals surface area contributed by atoms with Gasteiger partial charge in [0.05, 0.1) is 5.69 Å². The van der Waals surface area contributed by atoms with Gasteiger partial charge in [-0.3, -0.25) is 0 Å². The second-order valence-corrected chi connectivity index (χ2v) is 4.30. The molecule has 0 N–H and O–H groups in total. The molecule has 1 aromatic carbocycles. The van der Waals surface area contributed by atoms with Crippen molar-refractivity contribution in [2.75, 3.05) is 18.0 Å². The molecule has 1 fully saturated rings. The molecule has 0 spiro atoms. The SMILES string of the molecule is CCc1cc(N2CCCCC2)c(F)cc1F. The zero-order valence-electron chi connectivity index (χ0n) is 9.60. The highest BCUT2D eigenvalue weighted by Crippen LogP contribution is 2.26. The zero-order chi connectivity index (χ0) is 11.5. The van der Waals surface area contributed by atoms with Crippen molar-refractivity contribution in [2.24, 2.45) is 0 Å². The van der Waals surface area contributed by atoms with Crippen LogP contribution in [0.2, 0.25) is 0 Å². The minimum Gasteiger partial charge on any atom is -0.369 e. The van der Waals surface area contributed by atoms with Crippen LogP contribution in [0.25, 0.3) is 0 Å². The van der Waals surface area contributed by atoms with Crippen LogP contribution in [-0.2, 0) is 6.42 Å². The smallest absolute Gasteiger partial charge is 0.149 e. The highest BCUT2D eigenvalue weighted by atomic mass is 19.1. The van der Waals surface area contributed by atoms with Crippen molar-refractivity contribution < 1.29 is 8.78 Å². The third-order valence-electron chi connectivity index (χ3n) is 3.19. The summed E-state index contributed by atoms with van der Waals surface area (Å²) < 4.78 is 27.0. The summed E-state index contributed by atoms with van der Waals surface area (Å²) >= 11 is 0. The van der Waals surface area contributed by atoms with Gasteiger partial charge in [0.2, 0.25) is 0 Å². The summed E-state index contributed by atoms with van der Waals surface area (Å²) in [6.07, 6.45) is 4.00. The highest BCUT2D eigenvalue weighted by Gasteiger charge is 2.16. The summed E-state index contributed by atoms with van der Waals surface area (Å²) in [4.78, 5) is 2.03. The van der Waals surface area contributed by atoms with E-state index in [1.165, 1.54) is 6.42 Å². The number of benzene rings is 1. The van der Waals surface area contributed by atoms with Crippen molar-refractivity contribution in [3.05, 3.63) is 29.3 Å². The minimum atomic E-state index is -0.434. The Morgan fingerprint density at radius 2 is 1.75 bits per heavy atom. The molecule has 1 aromatic rings. The Bertz CT molecular complexity index is 370. The van der Waals surface area contributed by atoms with Crippen molar-refractivity contribution in [3.63, 3.8) is 0 Å². The fourth-order valence-corrected chi connectivity index (χ4v) is 2.23. The number of anilines is 1. The molecule has 2 rings (SSSR count). The Balaban J connectivity index is 2.31. The summed E-state index contributed by atoms with van der Waals surface area (Å²) in [5.74, 6) is -0.864. The predicted octanol–water partition coefficient (Wildman–Crippen LogP) is 3.52. The summed E-state index contributed by atoms with van der Waals surface area (Å²) in [5, 5.41) is 0. The van der Waals surface area contributed by atoms with E-state index in [1.807, 2.05) is 11.8 Å². The molecule has 0 aliphatic carbocycles. The van der Waals surface area contributed by atoms with Crippen molar-refractivity contribution in [2.45, 2.75) is 32.6 Å². The van der Waals surface area contributed by atoms with Crippen LogP contribution in [0.15, 0.2) is 12.1 Å². The maximum Gasteiger partial charge on any atom is 0.149 e. The monoisotopic (exact) mass is 225 g/mol. The molecule has 3 heteroatoms. The molecule has 1 aliphatic rings. The van der Waals surface area contributed by atoms with Crippen molar-refractivity contribution in [1.82, 2.24) is 0 Å². The molecule has 0 unspecified atom stereocenters. The van der Waals surface area contributed by atoms with Crippen LogP contribution < -0.4 is 4.90 Å². The Labute approximate surface area is 95.1 Å². The van der Waals surface area contributed by atoms with E-state index in [4.69, 9.17) is 0 Å². The molecule has 88 valence electrons. The quantitative estimate of drug-likeness (QED) is 0.744. The van der Waals surface area contributed by atoms with Crippen molar-refractivity contribution in [1.29, 1.82) is 0 Å². The average molecular weight is 225 g/mol. The average Bonchev–Trinajstić information content (AvgIpc) is 2.30. The maximum absolute atomic E-state index is 13.7. The highest BCUT2D eigenvalue weighted by molar-refractivity contribution is 5.50. The normalized spacial score (nSPS) is 16.6. The molecule has 16 heavy (non-hydrogen) atoms. The third kappa shape index (κ3) is 2.18. The number of hydrogen-bond acceptors (Lipinski definition) is 1. The number of aryl methyl sites for hydroxylation is 1. The lowest BCUT2D eigenvalue weighted by Gasteiger charge is -2.29. The molecule has 0 amide bonds.